The Kier molecular flexibility index (Phi) is 4.67. The average Bonchev–Trinajstić information content (AvgIpc) is 2.37. The molecule has 0 aliphatic heterocycles. The monoisotopic (exact) mass is 388 g/mol. The molecule has 0 unspecified atom stereocenters. The fourth-order valence-corrected chi connectivity index (χ4v) is 3.25. The van der Waals surface area contributed by atoms with Crippen LogP contribution in [0.2, 0.25) is 5.02 Å². The molecule has 3 N–H and O–H groups in total. The zero-order valence-electron chi connectivity index (χ0n) is 10.5. The van der Waals surface area contributed by atoms with Crippen molar-refractivity contribution in [2.45, 2.75) is 4.90 Å². The van der Waals surface area contributed by atoms with Gasteiger partial charge in [-0.05, 0) is 30.3 Å². The van der Waals surface area contributed by atoms with Gasteiger partial charge in [-0.2, -0.15) is 0 Å². The van der Waals surface area contributed by atoms with Gasteiger partial charge in [-0.3, -0.25) is 4.79 Å². The van der Waals surface area contributed by atoms with Crippen molar-refractivity contribution < 1.29 is 13.2 Å². The summed E-state index contributed by atoms with van der Waals surface area (Å²) in [6.07, 6.45) is 0. The van der Waals surface area contributed by atoms with Crippen molar-refractivity contribution in [3.63, 3.8) is 0 Å². The largest absolute Gasteiger partial charge is 0.321 e. The second-order valence-corrected chi connectivity index (χ2v) is 7.04. The Balaban J connectivity index is 2.37. The Labute approximate surface area is 135 Å². The molecule has 0 heterocycles. The van der Waals surface area contributed by atoms with E-state index in [9.17, 15) is 13.2 Å². The van der Waals surface area contributed by atoms with E-state index in [0.717, 1.165) is 0 Å². The van der Waals surface area contributed by atoms with Gasteiger partial charge in [0.25, 0.3) is 5.91 Å². The van der Waals surface area contributed by atoms with E-state index in [4.69, 9.17) is 16.7 Å². The molecule has 2 rings (SSSR count). The lowest BCUT2D eigenvalue weighted by molar-refractivity contribution is 0.102. The lowest BCUT2D eigenvalue weighted by atomic mass is 10.2. The molecule has 0 saturated heterocycles. The average molecular weight is 390 g/mol. The Hall–Kier alpha value is -1.41. The van der Waals surface area contributed by atoms with Crippen molar-refractivity contribution in [1.82, 2.24) is 0 Å². The standard InChI is InChI=1S/C13H10BrClN2O3S/c14-9-5-8(6-10(15)7-9)13(18)17-11-3-1-2-4-12(11)21(16,19)20/h1-7H,(H,17,18)(H2,16,19,20). The quantitative estimate of drug-likeness (QED) is 0.845. The Morgan fingerprint density at radius 3 is 2.48 bits per heavy atom. The van der Waals surface area contributed by atoms with Crippen molar-refractivity contribution >= 4 is 49.1 Å². The minimum Gasteiger partial charge on any atom is -0.321 e. The molecule has 0 fully saturated rings. The number of sulfonamides is 1. The number of anilines is 1. The summed E-state index contributed by atoms with van der Waals surface area (Å²) in [4.78, 5) is 12.0. The summed E-state index contributed by atoms with van der Waals surface area (Å²) >= 11 is 9.11. The number of hydrogen-bond acceptors (Lipinski definition) is 3. The zero-order valence-corrected chi connectivity index (χ0v) is 13.7. The van der Waals surface area contributed by atoms with Crippen molar-refractivity contribution in [1.29, 1.82) is 0 Å². The summed E-state index contributed by atoms with van der Waals surface area (Å²) in [5, 5.41) is 8.01. The van der Waals surface area contributed by atoms with Crippen molar-refractivity contribution in [3.05, 3.63) is 57.5 Å². The molecule has 1 amide bonds. The van der Waals surface area contributed by atoms with Gasteiger partial charge >= 0.3 is 0 Å². The minimum absolute atomic E-state index is 0.112. The van der Waals surface area contributed by atoms with Crippen LogP contribution in [-0.2, 0) is 10.0 Å². The third kappa shape index (κ3) is 4.04. The maximum absolute atomic E-state index is 12.2. The van der Waals surface area contributed by atoms with Gasteiger partial charge in [0, 0.05) is 15.1 Å². The molecule has 21 heavy (non-hydrogen) atoms. The molecule has 0 aliphatic carbocycles. The van der Waals surface area contributed by atoms with Crippen LogP contribution in [0.1, 0.15) is 10.4 Å². The molecule has 2 aromatic carbocycles. The zero-order chi connectivity index (χ0) is 15.6. The number of halogens is 2. The second kappa shape index (κ2) is 6.15. The van der Waals surface area contributed by atoms with E-state index in [1.807, 2.05) is 0 Å². The number of nitrogens with two attached hydrogens (primary N) is 1. The summed E-state index contributed by atoms with van der Waals surface area (Å²) < 4.78 is 23.6. The highest BCUT2D eigenvalue weighted by Gasteiger charge is 2.16. The highest BCUT2D eigenvalue weighted by molar-refractivity contribution is 9.10. The number of rotatable bonds is 3. The molecule has 0 spiro atoms. The van der Waals surface area contributed by atoms with Gasteiger partial charge in [0.2, 0.25) is 10.0 Å². The fraction of sp³-hybridized carbons (Fsp3) is 0. The summed E-state index contributed by atoms with van der Waals surface area (Å²) in [6, 6.07) is 10.6. The van der Waals surface area contributed by atoms with E-state index < -0.39 is 15.9 Å². The van der Waals surface area contributed by atoms with Crippen LogP contribution in [0.3, 0.4) is 0 Å². The Morgan fingerprint density at radius 2 is 1.86 bits per heavy atom. The van der Waals surface area contributed by atoms with Crippen LogP contribution in [0.15, 0.2) is 51.8 Å². The predicted octanol–water partition coefficient (Wildman–Crippen LogP) is 3.00. The van der Waals surface area contributed by atoms with Gasteiger partial charge in [0.15, 0.2) is 0 Å². The van der Waals surface area contributed by atoms with Crippen LogP contribution in [0, 0.1) is 0 Å². The predicted molar refractivity (Wildman–Crippen MR) is 84.9 cm³/mol. The van der Waals surface area contributed by atoms with E-state index in [1.54, 1.807) is 18.2 Å². The first-order valence-electron chi connectivity index (χ1n) is 5.66. The summed E-state index contributed by atoms with van der Waals surface area (Å²) in [5.74, 6) is -0.491. The van der Waals surface area contributed by atoms with Gasteiger partial charge in [-0.25, -0.2) is 13.6 Å². The van der Waals surface area contributed by atoms with E-state index >= 15 is 0 Å². The topological polar surface area (TPSA) is 89.3 Å². The number of para-hydroxylation sites is 1. The number of amides is 1. The van der Waals surface area contributed by atoms with Crippen LogP contribution in [0.4, 0.5) is 5.69 Å². The van der Waals surface area contributed by atoms with Gasteiger partial charge in [0.1, 0.15) is 4.90 Å². The maximum atomic E-state index is 12.2. The molecular weight excluding hydrogens is 380 g/mol. The molecule has 110 valence electrons. The van der Waals surface area contributed by atoms with Crippen LogP contribution in [0.5, 0.6) is 0 Å². The van der Waals surface area contributed by atoms with E-state index in [0.29, 0.717) is 15.1 Å². The van der Waals surface area contributed by atoms with Crippen molar-refractivity contribution in [2.75, 3.05) is 5.32 Å². The molecule has 0 saturated carbocycles. The number of carbonyl (C=O) groups is 1. The van der Waals surface area contributed by atoms with Gasteiger partial charge < -0.3 is 5.32 Å². The van der Waals surface area contributed by atoms with Crippen LogP contribution < -0.4 is 10.5 Å². The third-order valence-corrected chi connectivity index (χ3v) is 4.21. The number of nitrogens with one attached hydrogen (secondary N) is 1. The summed E-state index contributed by atoms with van der Waals surface area (Å²) in [6.45, 7) is 0. The molecule has 5 nitrogen and oxygen atoms in total. The molecule has 8 heteroatoms. The molecule has 0 bridgehead atoms. The lowest BCUT2D eigenvalue weighted by Gasteiger charge is -2.10. The Bertz CT molecular complexity index is 789. The fourth-order valence-electron chi connectivity index (χ4n) is 1.70. The number of primary sulfonamides is 1. The lowest BCUT2D eigenvalue weighted by Crippen LogP contribution is -2.18. The molecule has 0 atom stereocenters. The van der Waals surface area contributed by atoms with Crippen LogP contribution in [0.25, 0.3) is 0 Å². The van der Waals surface area contributed by atoms with Crippen LogP contribution in [-0.4, -0.2) is 14.3 Å². The highest BCUT2D eigenvalue weighted by Crippen LogP contribution is 2.23. The summed E-state index contributed by atoms with van der Waals surface area (Å²) in [5.41, 5.74) is 0.402. The van der Waals surface area contributed by atoms with Crippen molar-refractivity contribution in [3.8, 4) is 0 Å². The molecule has 0 radical (unpaired) electrons. The smallest absolute Gasteiger partial charge is 0.255 e. The third-order valence-electron chi connectivity index (χ3n) is 2.57. The van der Waals surface area contributed by atoms with E-state index in [2.05, 4.69) is 21.2 Å². The minimum atomic E-state index is -3.93. The van der Waals surface area contributed by atoms with Gasteiger partial charge in [-0.1, -0.05) is 39.7 Å². The Morgan fingerprint density at radius 1 is 1.19 bits per heavy atom. The van der Waals surface area contributed by atoms with Gasteiger partial charge in [0.05, 0.1) is 5.69 Å². The maximum Gasteiger partial charge on any atom is 0.255 e. The first-order chi connectivity index (χ1) is 9.77. The molecular formula is C13H10BrClN2O3S. The number of hydrogen-bond donors (Lipinski definition) is 2. The van der Waals surface area contributed by atoms with E-state index in [1.165, 1.54) is 24.3 Å². The molecule has 0 aromatic heterocycles. The van der Waals surface area contributed by atoms with Crippen molar-refractivity contribution in [2.24, 2.45) is 5.14 Å². The summed E-state index contributed by atoms with van der Waals surface area (Å²) in [7, 11) is -3.93. The SMILES string of the molecule is NS(=O)(=O)c1ccccc1NC(=O)c1cc(Cl)cc(Br)c1. The molecule has 0 aliphatic rings. The van der Waals surface area contributed by atoms with E-state index in [-0.39, 0.29) is 10.6 Å². The van der Waals surface area contributed by atoms with Crippen LogP contribution >= 0.6 is 27.5 Å². The number of carbonyl (C=O) groups excluding carboxylic acids is 1. The first-order valence-corrected chi connectivity index (χ1v) is 8.38. The highest BCUT2D eigenvalue weighted by atomic mass is 79.9. The first kappa shape index (κ1) is 16.0. The van der Waals surface area contributed by atoms with Gasteiger partial charge in [-0.15, -0.1) is 0 Å². The number of benzene rings is 2. The second-order valence-electron chi connectivity index (χ2n) is 4.15. The molecule has 2 aromatic rings. The normalized spacial score (nSPS) is 11.2.